The second-order valence-corrected chi connectivity index (χ2v) is 4.75. The van der Waals surface area contributed by atoms with E-state index in [2.05, 4.69) is 19.9 Å². The van der Waals surface area contributed by atoms with Crippen LogP contribution < -0.4 is 14.8 Å². The molecule has 0 fully saturated rings. The minimum Gasteiger partial charge on any atom is -0.493 e. The number of methoxy groups -OCH3 is 2. The number of alkyl halides is 2. The largest absolute Gasteiger partial charge is 0.493 e. The van der Waals surface area contributed by atoms with Crippen molar-refractivity contribution in [1.29, 1.82) is 0 Å². The Morgan fingerprint density at radius 2 is 1.96 bits per heavy atom. The summed E-state index contributed by atoms with van der Waals surface area (Å²) in [5, 5.41) is 6.41. The van der Waals surface area contributed by atoms with E-state index in [0.29, 0.717) is 0 Å². The summed E-state index contributed by atoms with van der Waals surface area (Å²) in [5.74, 6) is -1.55. The zero-order chi connectivity index (χ0) is 18.6. The number of aromatic nitrogens is 2. The molecule has 0 bridgehead atoms. The summed E-state index contributed by atoms with van der Waals surface area (Å²) in [4.78, 5) is 24.0. The molecule has 1 N–H and O–H groups in total. The van der Waals surface area contributed by atoms with Gasteiger partial charge in [0.15, 0.2) is 17.2 Å². The van der Waals surface area contributed by atoms with E-state index in [1.54, 1.807) is 7.05 Å². The normalized spacial score (nSPS) is 10.5. The van der Waals surface area contributed by atoms with E-state index < -0.39 is 18.5 Å². The molecule has 1 aromatic carbocycles. The number of hydrogen-bond donors (Lipinski definition) is 1. The van der Waals surface area contributed by atoms with Gasteiger partial charge in [0.25, 0.3) is 5.91 Å². The number of amides is 1. The fraction of sp³-hybridized carbons (Fsp3) is 0.267. The molecule has 0 radical (unpaired) electrons. The van der Waals surface area contributed by atoms with Crippen molar-refractivity contribution in [3.63, 3.8) is 0 Å². The van der Waals surface area contributed by atoms with E-state index in [0.717, 1.165) is 0 Å². The first-order chi connectivity index (χ1) is 11.8. The van der Waals surface area contributed by atoms with Crippen LogP contribution in [0.3, 0.4) is 0 Å². The second-order valence-electron chi connectivity index (χ2n) is 4.75. The Bertz CT molecular complexity index is 791. The summed E-state index contributed by atoms with van der Waals surface area (Å²) in [6.07, 6.45) is 1.43. The maximum atomic E-state index is 12.3. The maximum Gasteiger partial charge on any atom is 0.387 e. The summed E-state index contributed by atoms with van der Waals surface area (Å²) in [6.45, 7) is -3.02. The molecule has 134 valence electrons. The molecule has 0 unspecified atom stereocenters. The monoisotopic (exact) mass is 355 g/mol. The van der Waals surface area contributed by atoms with E-state index in [-0.39, 0.29) is 28.4 Å². The molecule has 0 aliphatic heterocycles. The van der Waals surface area contributed by atoms with Gasteiger partial charge < -0.3 is 19.5 Å². The zero-order valence-electron chi connectivity index (χ0n) is 13.6. The number of hydrogen-bond acceptors (Lipinski definition) is 6. The van der Waals surface area contributed by atoms with Crippen LogP contribution in [0.15, 0.2) is 24.4 Å². The van der Waals surface area contributed by atoms with Gasteiger partial charge in [0.05, 0.1) is 19.9 Å². The summed E-state index contributed by atoms with van der Waals surface area (Å²) in [5.41, 5.74) is 0.187. The number of carbonyl (C=O) groups is 2. The average molecular weight is 355 g/mol. The lowest BCUT2D eigenvalue weighted by Crippen LogP contribution is -2.15. The molecule has 25 heavy (non-hydrogen) atoms. The van der Waals surface area contributed by atoms with Crippen LogP contribution in [0.2, 0.25) is 0 Å². The van der Waals surface area contributed by atoms with Crippen molar-refractivity contribution in [2.75, 3.05) is 19.5 Å². The summed E-state index contributed by atoms with van der Waals surface area (Å²) < 4.78 is 39.8. The molecule has 0 aliphatic carbocycles. The Morgan fingerprint density at radius 3 is 2.56 bits per heavy atom. The minimum atomic E-state index is -3.02. The summed E-state index contributed by atoms with van der Waals surface area (Å²) in [6, 6.07) is 3.70. The molecule has 10 heteroatoms. The van der Waals surface area contributed by atoms with E-state index in [1.807, 2.05) is 0 Å². The number of halogens is 2. The van der Waals surface area contributed by atoms with Gasteiger partial charge in [-0.2, -0.15) is 13.9 Å². The van der Waals surface area contributed by atoms with Gasteiger partial charge in [-0.1, -0.05) is 0 Å². The number of rotatable bonds is 6. The van der Waals surface area contributed by atoms with E-state index in [1.165, 1.54) is 43.3 Å². The topological polar surface area (TPSA) is 91.7 Å². The van der Waals surface area contributed by atoms with Crippen molar-refractivity contribution < 1.29 is 32.6 Å². The maximum absolute atomic E-state index is 12.3. The first-order valence-electron chi connectivity index (χ1n) is 6.91. The van der Waals surface area contributed by atoms with Crippen molar-refractivity contribution >= 4 is 17.6 Å². The summed E-state index contributed by atoms with van der Waals surface area (Å²) in [7, 11) is 4.02. The Hall–Kier alpha value is -3.17. The molecule has 2 aromatic rings. The Kier molecular flexibility index (Phi) is 5.52. The van der Waals surface area contributed by atoms with Gasteiger partial charge >= 0.3 is 12.6 Å². The van der Waals surface area contributed by atoms with Gasteiger partial charge in [-0.25, -0.2) is 4.79 Å². The molecule has 1 aromatic heterocycles. The quantitative estimate of drug-likeness (QED) is 0.798. The number of ether oxygens (including phenoxy) is 3. The van der Waals surface area contributed by atoms with Crippen LogP contribution in [0.5, 0.6) is 11.5 Å². The number of anilines is 1. The highest BCUT2D eigenvalue weighted by Crippen LogP contribution is 2.29. The lowest BCUT2D eigenvalue weighted by atomic mass is 10.2. The Balaban J connectivity index is 2.26. The fourth-order valence-corrected chi connectivity index (χ4v) is 2.02. The van der Waals surface area contributed by atoms with Crippen LogP contribution in [0.4, 0.5) is 14.5 Å². The number of nitrogens with one attached hydrogen (secondary N) is 1. The number of aryl methyl sites for hydroxylation is 1. The molecule has 0 aliphatic rings. The van der Waals surface area contributed by atoms with Gasteiger partial charge in [-0.15, -0.1) is 0 Å². The van der Waals surface area contributed by atoms with Gasteiger partial charge in [0.1, 0.15) is 0 Å². The Labute approximate surface area is 141 Å². The predicted octanol–water partition coefficient (Wildman–Crippen LogP) is 2.07. The highest BCUT2D eigenvalue weighted by Gasteiger charge is 2.20. The predicted molar refractivity (Wildman–Crippen MR) is 82.1 cm³/mol. The van der Waals surface area contributed by atoms with E-state index in [4.69, 9.17) is 4.74 Å². The number of esters is 1. The Morgan fingerprint density at radius 1 is 1.24 bits per heavy atom. The molecule has 0 saturated heterocycles. The van der Waals surface area contributed by atoms with Crippen molar-refractivity contribution in [2.45, 2.75) is 6.61 Å². The molecule has 0 atom stereocenters. The molecule has 8 nitrogen and oxygen atoms in total. The average Bonchev–Trinajstić information content (AvgIpc) is 2.94. The van der Waals surface area contributed by atoms with Crippen LogP contribution in [0, 0.1) is 0 Å². The van der Waals surface area contributed by atoms with Crippen LogP contribution in [-0.4, -0.2) is 42.5 Å². The number of carbonyl (C=O) groups excluding carboxylic acids is 2. The first kappa shape index (κ1) is 18.2. The zero-order valence-corrected chi connectivity index (χ0v) is 13.6. The SMILES string of the molecule is COC(=O)c1nn(C)cc1NC(=O)c1ccc(OC(F)F)c(OC)c1. The van der Waals surface area contributed by atoms with Gasteiger partial charge in [0, 0.05) is 18.8 Å². The molecular formula is C15H15F2N3O5. The van der Waals surface area contributed by atoms with Gasteiger partial charge in [0.2, 0.25) is 0 Å². The van der Waals surface area contributed by atoms with Crippen molar-refractivity contribution in [1.82, 2.24) is 9.78 Å². The van der Waals surface area contributed by atoms with Crippen LogP contribution in [0.1, 0.15) is 20.8 Å². The van der Waals surface area contributed by atoms with Crippen molar-refractivity contribution in [3.8, 4) is 11.5 Å². The highest BCUT2D eigenvalue weighted by atomic mass is 19.3. The number of benzene rings is 1. The summed E-state index contributed by atoms with van der Waals surface area (Å²) >= 11 is 0. The third-order valence-electron chi connectivity index (χ3n) is 3.10. The van der Waals surface area contributed by atoms with Crippen LogP contribution in [0.25, 0.3) is 0 Å². The minimum absolute atomic E-state index is 0.0349. The third kappa shape index (κ3) is 4.22. The van der Waals surface area contributed by atoms with E-state index in [9.17, 15) is 18.4 Å². The van der Waals surface area contributed by atoms with Crippen LogP contribution >= 0.6 is 0 Å². The van der Waals surface area contributed by atoms with Gasteiger partial charge in [-0.3, -0.25) is 9.48 Å². The molecular weight excluding hydrogens is 340 g/mol. The van der Waals surface area contributed by atoms with E-state index >= 15 is 0 Å². The van der Waals surface area contributed by atoms with Crippen molar-refractivity contribution in [3.05, 3.63) is 35.7 Å². The lowest BCUT2D eigenvalue weighted by molar-refractivity contribution is -0.0512. The number of nitrogens with zero attached hydrogens (tertiary/aromatic N) is 2. The molecule has 0 spiro atoms. The standard InChI is InChI=1S/C15H15F2N3O5/c1-20-7-9(12(19-20)14(22)24-3)18-13(21)8-4-5-10(25-15(16)17)11(6-8)23-2/h4-7,15H,1-3H3,(H,18,21). The smallest absolute Gasteiger partial charge is 0.387 e. The molecule has 1 amide bonds. The van der Waals surface area contributed by atoms with Crippen molar-refractivity contribution in [2.24, 2.45) is 7.05 Å². The highest BCUT2D eigenvalue weighted by molar-refractivity contribution is 6.07. The molecule has 2 rings (SSSR count). The van der Waals surface area contributed by atoms with Gasteiger partial charge in [-0.05, 0) is 18.2 Å². The fourth-order valence-electron chi connectivity index (χ4n) is 2.02. The second kappa shape index (κ2) is 7.60. The first-order valence-corrected chi connectivity index (χ1v) is 6.91. The van der Waals surface area contributed by atoms with Crippen LogP contribution in [-0.2, 0) is 11.8 Å². The molecule has 0 saturated carbocycles. The lowest BCUT2D eigenvalue weighted by Gasteiger charge is -2.11. The third-order valence-corrected chi connectivity index (χ3v) is 3.10. The molecule has 1 heterocycles.